The monoisotopic (exact) mass is 294 g/mol. The van der Waals surface area contributed by atoms with Crippen molar-refractivity contribution < 1.29 is 14.8 Å². The number of hydrogen-bond acceptors (Lipinski definition) is 5. The Balaban J connectivity index is 2.25. The van der Waals surface area contributed by atoms with Gasteiger partial charge in [-0.25, -0.2) is 0 Å². The molecule has 0 heterocycles. The number of ether oxygens (including phenoxy) is 1. The molecule has 1 fully saturated rings. The molecule has 0 spiro atoms. The molecule has 116 valence electrons. The van der Waals surface area contributed by atoms with Crippen LogP contribution in [0.25, 0.3) is 0 Å². The quantitative estimate of drug-likeness (QED) is 0.495. The van der Waals surface area contributed by atoms with Gasteiger partial charge in [0.25, 0.3) is 0 Å². The molecule has 1 aliphatic rings. The Labute approximate surface area is 124 Å². The average Bonchev–Trinajstić information content (AvgIpc) is 2.64. The molecule has 2 N–H and O–H groups in total. The van der Waals surface area contributed by atoms with Crippen molar-refractivity contribution in [3.8, 4) is 5.75 Å². The molecule has 2 rings (SSSR count). The van der Waals surface area contributed by atoms with E-state index in [2.05, 4.69) is 5.32 Å². The lowest BCUT2D eigenvalue weighted by Gasteiger charge is -2.23. The van der Waals surface area contributed by atoms with E-state index in [1.807, 2.05) is 0 Å². The zero-order chi connectivity index (χ0) is 15.2. The summed E-state index contributed by atoms with van der Waals surface area (Å²) in [6.07, 6.45) is 4.20. The molecule has 1 aliphatic carbocycles. The van der Waals surface area contributed by atoms with Gasteiger partial charge in [0.2, 0.25) is 0 Å². The van der Waals surface area contributed by atoms with E-state index in [-0.39, 0.29) is 17.5 Å². The van der Waals surface area contributed by atoms with Crippen LogP contribution in [0.1, 0.15) is 39.0 Å². The molecule has 6 heteroatoms. The maximum Gasteiger partial charge on any atom is 0.333 e. The highest BCUT2D eigenvalue weighted by molar-refractivity contribution is 5.68. The zero-order valence-electron chi connectivity index (χ0n) is 12.2. The van der Waals surface area contributed by atoms with Crippen LogP contribution in [0.3, 0.4) is 0 Å². The molecule has 1 saturated carbocycles. The van der Waals surface area contributed by atoms with E-state index in [1.54, 1.807) is 25.1 Å². The van der Waals surface area contributed by atoms with Gasteiger partial charge >= 0.3 is 5.69 Å². The highest BCUT2D eigenvalue weighted by Crippen LogP contribution is 2.36. The topological polar surface area (TPSA) is 84.6 Å². The van der Waals surface area contributed by atoms with Crippen LogP contribution in [0.5, 0.6) is 5.75 Å². The lowest BCUT2D eigenvalue weighted by atomic mass is 10.1. The number of rotatable bonds is 5. The number of nitro groups is 1. The Bertz CT molecular complexity index is 493. The lowest BCUT2D eigenvalue weighted by molar-refractivity contribution is -0.385. The van der Waals surface area contributed by atoms with E-state index in [1.165, 1.54) is 0 Å². The van der Waals surface area contributed by atoms with Crippen LogP contribution in [0, 0.1) is 10.1 Å². The van der Waals surface area contributed by atoms with Gasteiger partial charge in [-0.05, 0) is 31.9 Å². The molecule has 0 amide bonds. The van der Waals surface area contributed by atoms with Crippen molar-refractivity contribution >= 4 is 11.4 Å². The van der Waals surface area contributed by atoms with Gasteiger partial charge in [0, 0.05) is 0 Å². The third kappa shape index (κ3) is 3.85. The summed E-state index contributed by atoms with van der Waals surface area (Å²) in [5.74, 6) is 0.260. The number of nitrogens with one attached hydrogen (secondary N) is 1. The summed E-state index contributed by atoms with van der Waals surface area (Å²) in [7, 11) is 0. The Morgan fingerprint density at radius 3 is 2.86 bits per heavy atom. The van der Waals surface area contributed by atoms with Crippen LogP contribution in [0.4, 0.5) is 11.4 Å². The van der Waals surface area contributed by atoms with E-state index in [4.69, 9.17) is 4.74 Å². The molecule has 0 saturated heterocycles. The minimum absolute atomic E-state index is 0.0594. The van der Waals surface area contributed by atoms with Crippen molar-refractivity contribution in [2.45, 2.75) is 51.2 Å². The Morgan fingerprint density at radius 1 is 1.38 bits per heavy atom. The van der Waals surface area contributed by atoms with Crippen molar-refractivity contribution in [2.24, 2.45) is 0 Å². The van der Waals surface area contributed by atoms with Crippen molar-refractivity contribution in [2.75, 3.05) is 11.9 Å². The molecule has 0 aromatic heterocycles. The van der Waals surface area contributed by atoms with Gasteiger partial charge in [-0.15, -0.1) is 0 Å². The van der Waals surface area contributed by atoms with E-state index in [0.29, 0.717) is 12.3 Å². The number of benzene rings is 1. The first kappa shape index (κ1) is 15.6. The number of anilines is 1. The molecular weight excluding hydrogens is 272 g/mol. The van der Waals surface area contributed by atoms with Gasteiger partial charge in [-0.2, -0.15) is 0 Å². The molecule has 21 heavy (non-hydrogen) atoms. The second kappa shape index (κ2) is 7.26. The van der Waals surface area contributed by atoms with E-state index in [0.717, 1.165) is 32.1 Å². The van der Waals surface area contributed by atoms with Crippen LogP contribution in [0.2, 0.25) is 0 Å². The van der Waals surface area contributed by atoms with E-state index >= 15 is 0 Å². The summed E-state index contributed by atoms with van der Waals surface area (Å²) in [5, 5.41) is 24.6. The maximum atomic E-state index is 11.3. The first-order chi connectivity index (χ1) is 10.1. The van der Waals surface area contributed by atoms with Gasteiger partial charge in [-0.1, -0.05) is 25.3 Å². The van der Waals surface area contributed by atoms with Crippen molar-refractivity contribution in [1.82, 2.24) is 0 Å². The summed E-state index contributed by atoms with van der Waals surface area (Å²) in [5.41, 5.74) is 0.354. The summed E-state index contributed by atoms with van der Waals surface area (Å²) in [4.78, 5) is 10.9. The molecule has 0 radical (unpaired) electrons. The molecule has 6 nitrogen and oxygen atoms in total. The van der Waals surface area contributed by atoms with Crippen LogP contribution < -0.4 is 10.1 Å². The second-order valence-electron chi connectivity index (χ2n) is 5.30. The standard InChI is InChI=1S/C15H22N2O4/c1-2-21-14-10-6-8-12(15(14)17(19)20)16-11-7-4-3-5-9-13(11)18/h6,8,10-11,13,16,18H,2-5,7,9H2,1H3. The Hall–Kier alpha value is -1.82. The first-order valence-electron chi connectivity index (χ1n) is 7.48. The summed E-state index contributed by atoms with van der Waals surface area (Å²) >= 11 is 0. The number of nitrogens with zero attached hydrogens (tertiary/aromatic N) is 1. The molecule has 2 atom stereocenters. The predicted octanol–water partition coefficient (Wildman–Crippen LogP) is 3.10. The smallest absolute Gasteiger partial charge is 0.333 e. The maximum absolute atomic E-state index is 11.3. The number of aliphatic hydroxyl groups excluding tert-OH is 1. The van der Waals surface area contributed by atoms with E-state index in [9.17, 15) is 15.2 Å². The van der Waals surface area contributed by atoms with Crippen molar-refractivity contribution in [3.05, 3.63) is 28.3 Å². The highest BCUT2D eigenvalue weighted by Gasteiger charge is 2.26. The first-order valence-corrected chi connectivity index (χ1v) is 7.48. The van der Waals surface area contributed by atoms with Crippen LogP contribution in [0.15, 0.2) is 18.2 Å². The van der Waals surface area contributed by atoms with Gasteiger partial charge in [-0.3, -0.25) is 10.1 Å². The van der Waals surface area contributed by atoms with Crippen LogP contribution in [-0.4, -0.2) is 28.8 Å². The molecule has 1 aromatic rings. The normalized spacial score (nSPS) is 22.4. The summed E-state index contributed by atoms with van der Waals surface area (Å²) in [6, 6.07) is 4.83. The Morgan fingerprint density at radius 2 is 2.14 bits per heavy atom. The largest absolute Gasteiger partial charge is 0.487 e. The summed E-state index contributed by atoms with van der Waals surface area (Å²) < 4.78 is 5.34. The van der Waals surface area contributed by atoms with Crippen LogP contribution in [-0.2, 0) is 0 Å². The fourth-order valence-electron chi connectivity index (χ4n) is 2.76. The molecule has 1 aromatic carbocycles. The highest BCUT2D eigenvalue weighted by atomic mass is 16.6. The number of nitro benzene ring substituents is 1. The lowest BCUT2D eigenvalue weighted by Crippen LogP contribution is -2.32. The predicted molar refractivity (Wildman–Crippen MR) is 80.8 cm³/mol. The number of aliphatic hydroxyl groups is 1. The molecule has 0 bridgehead atoms. The van der Waals surface area contributed by atoms with Crippen molar-refractivity contribution in [3.63, 3.8) is 0 Å². The third-order valence-electron chi connectivity index (χ3n) is 3.80. The van der Waals surface area contributed by atoms with Gasteiger partial charge in [0.05, 0.1) is 23.7 Å². The third-order valence-corrected chi connectivity index (χ3v) is 3.80. The number of para-hydroxylation sites is 1. The average molecular weight is 294 g/mol. The van der Waals surface area contributed by atoms with Gasteiger partial charge in [0.1, 0.15) is 5.69 Å². The minimum Gasteiger partial charge on any atom is -0.487 e. The molecular formula is C15H22N2O4. The Kier molecular flexibility index (Phi) is 5.38. The van der Waals surface area contributed by atoms with Crippen molar-refractivity contribution in [1.29, 1.82) is 0 Å². The van der Waals surface area contributed by atoms with Gasteiger partial charge < -0.3 is 15.2 Å². The number of hydrogen-bond donors (Lipinski definition) is 2. The summed E-state index contributed by atoms with van der Waals surface area (Å²) in [6.45, 7) is 2.16. The fraction of sp³-hybridized carbons (Fsp3) is 0.600. The molecule has 2 unspecified atom stereocenters. The fourth-order valence-corrected chi connectivity index (χ4v) is 2.76. The van der Waals surface area contributed by atoms with E-state index < -0.39 is 11.0 Å². The second-order valence-corrected chi connectivity index (χ2v) is 5.30. The van der Waals surface area contributed by atoms with Crippen LogP contribution >= 0.6 is 0 Å². The molecule has 0 aliphatic heterocycles. The minimum atomic E-state index is -0.470. The zero-order valence-corrected chi connectivity index (χ0v) is 12.2. The van der Waals surface area contributed by atoms with Gasteiger partial charge in [0.15, 0.2) is 5.75 Å². The SMILES string of the molecule is CCOc1cccc(NC2CCCCCC2O)c1[N+](=O)[O-].